The van der Waals surface area contributed by atoms with Gasteiger partial charge in [0.15, 0.2) is 12.1 Å². The fraction of sp³-hybridized carbons (Fsp3) is 0.600. The monoisotopic (exact) mass is 373 g/mol. The molecule has 1 aromatic carbocycles. The van der Waals surface area contributed by atoms with Gasteiger partial charge in [-0.1, -0.05) is 24.3 Å². The molecule has 0 saturated carbocycles. The van der Waals surface area contributed by atoms with Gasteiger partial charge in [0.05, 0.1) is 18.6 Å². The number of ether oxygens (including phenoxy) is 5. The Hall–Kier alpha value is -1.98. The number of benzene rings is 1. The molecule has 0 radical (unpaired) electrons. The summed E-state index contributed by atoms with van der Waals surface area (Å²) in [5, 5.41) is 9.81. The van der Waals surface area contributed by atoms with Crippen molar-refractivity contribution < 1.29 is 28.5 Å². The van der Waals surface area contributed by atoms with E-state index in [2.05, 4.69) is 6.07 Å². The molecule has 2 saturated heterocycles. The summed E-state index contributed by atoms with van der Waals surface area (Å²) in [6.07, 6.45) is -2.55. The van der Waals surface area contributed by atoms with Gasteiger partial charge in [0, 0.05) is 6.92 Å². The molecule has 0 spiro atoms. The predicted molar refractivity (Wildman–Crippen MR) is 92.1 cm³/mol. The molecule has 0 bridgehead atoms. The van der Waals surface area contributed by atoms with Crippen LogP contribution >= 0.6 is 0 Å². The lowest BCUT2D eigenvalue weighted by molar-refractivity contribution is -0.235. The summed E-state index contributed by atoms with van der Waals surface area (Å²) < 4.78 is 29.6. The highest BCUT2D eigenvalue weighted by molar-refractivity contribution is 5.66. The predicted octanol–water partition coefficient (Wildman–Crippen LogP) is 2.08. The van der Waals surface area contributed by atoms with Crippen molar-refractivity contribution >= 4 is 5.97 Å². The van der Waals surface area contributed by atoms with E-state index in [0.29, 0.717) is 13.0 Å². The maximum Gasteiger partial charge on any atom is 0.303 e. The molecule has 3 aliphatic heterocycles. The van der Waals surface area contributed by atoms with Crippen LogP contribution in [0.1, 0.15) is 31.9 Å². The van der Waals surface area contributed by atoms with Crippen LogP contribution in [0.5, 0.6) is 0 Å². The number of fused-ring (bicyclic) bond motifs is 4. The highest BCUT2D eigenvalue weighted by Crippen LogP contribution is 2.42. The van der Waals surface area contributed by atoms with Crippen molar-refractivity contribution in [1.29, 1.82) is 5.26 Å². The summed E-state index contributed by atoms with van der Waals surface area (Å²) in [6.45, 7) is 5.32. The SMILES string of the molecule is CC(=O)O[C@H]1[C@H]2O[C@@H]3OC(C)(C)O[C@@H]3[C@H]2OCc2ccccc2C[C@H]1C#N. The molecule has 0 aromatic heterocycles. The lowest BCUT2D eigenvalue weighted by atomic mass is 9.89. The van der Waals surface area contributed by atoms with Crippen molar-refractivity contribution in [3.05, 3.63) is 35.4 Å². The van der Waals surface area contributed by atoms with Gasteiger partial charge in [-0.05, 0) is 31.4 Å². The summed E-state index contributed by atoms with van der Waals surface area (Å²) in [5.74, 6) is -1.82. The van der Waals surface area contributed by atoms with Gasteiger partial charge in [0.1, 0.15) is 24.4 Å². The van der Waals surface area contributed by atoms with Gasteiger partial charge in [-0.15, -0.1) is 0 Å². The summed E-state index contributed by atoms with van der Waals surface area (Å²) in [4.78, 5) is 11.8. The second-order valence-electron chi connectivity index (χ2n) is 7.63. The van der Waals surface area contributed by atoms with E-state index in [1.807, 2.05) is 38.1 Å². The Morgan fingerprint density at radius 2 is 1.93 bits per heavy atom. The molecular weight excluding hydrogens is 350 g/mol. The van der Waals surface area contributed by atoms with Crippen LogP contribution in [0.25, 0.3) is 0 Å². The third-order valence-corrected chi connectivity index (χ3v) is 5.20. The van der Waals surface area contributed by atoms with E-state index in [0.717, 1.165) is 11.1 Å². The number of carbonyl (C=O) groups is 1. The van der Waals surface area contributed by atoms with Crippen LogP contribution < -0.4 is 0 Å². The van der Waals surface area contributed by atoms with Crippen molar-refractivity contribution in [1.82, 2.24) is 0 Å². The first kappa shape index (κ1) is 18.4. The van der Waals surface area contributed by atoms with Gasteiger partial charge in [0.2, 0.25) is 0 Å². The summed E-state index contributed by atoms with van der Waals surface area (Å²) in [6, 6.07) is 10.1. The van der Waals surface area contributed by atoms with Crippen molar-refractivity contribution in [2.75, 3.05) is 0 Å². The fourth-order valence-electron chi connectivity index (χ4n) is 4.08. The molecule has 3 heterocycles. The van der Waals surface area contributed by atoms with E-state index in [1.54, 1.807) is 0 Å². The largest absolute Gasteiger partial charge is 0.458 e. The smallest absolute Gasteiger partial charge is 0.303 e. The minimum absolute atomic E-state index is 0.360. The Labute approximate surface area is 158 Å². The molecule has 1 aromatic rings. The normalized spacial score (nSPS) is 37.0. The molecule has 6 atom stereocenters. The van der Waals surface area contributed by atoms with Crippen LogP contribution in [-0.4, -0.2) is 42.5 Å². The average molecular weight is 373 g/mol. The summed E-state index contributed by atoms with van der Waals surface area (Å²) in [5.41, 5.74) is 2.00. The van der Waals surface area contributed by atoms with Crippen LogP contribution in [0.2, 0.25) is 0 Å². The van der Waals surface area contributed by atoms with Gasteiger partial charge in [-0.3, -0.25) is 4.79 Å². The molecule has 0 N–H and O–H groups in total. The molecule has 3 aliphatic rings. The highest BCUT2D eigenvalue weighted by Gasteiger charge is 2.59. The average Bonchev–Trinajstić information content (AvgIpc) is 3.09. The van der Waals surface area contributed by atoms with Crippen LogP contribution in [0, 0.1) is 17.2 Å². The Morgan fingerprint density at radius 1 is 1.19 bits per heavy atom. The molecule has 2 fully saturated rings. The van der Waals surface area contributed by atoms with Gasteiger partial charge >= 0.3 is 5.97 Å². The standard InChI is InChI=1S/C20H23NO6/c1-11(22)24-15-14(9-21)8-12-6-4-5-7-13(12)10-23-16-17(15)25-19-18(16)26-20(2,3)27-19/h4-7,14-19H,8,10H2,1-3H3/t14-,15+,16-,17+,18+,19+/m0/s1. The second-order valence-corrected chi connectivity index (χ2v) is 7.63. The quantitative estimate of drug-likeness (QED) is 0.697. The van der Waals surface area contributed by atoms with Crippen LogP contribution in [0.3, 0.4) is 0 Å². The van der Waals surface area contributed by atoms with Crippen LogP contribution in [-0.2, 0) is 41.5 Å². The van der Waals surface area contributed by atoms with Gasteiger partial charge in [0.25, 0.3) is 0 Å². The zero-order chi connectivity index (χ0) is 19.2. The number of hydrogen-bond acceptors (Lipinski definition) is 7. The van der Waals surface area contributed by atoms with E-state index in [1.165, 1.54) is 6.92 Å². The minimum atomic E-state index is -0.786. The van der Waals surface area contributed by atoms with Crippen LogP contribution in [0.15, 0.2) is 24.3 Å². The van der Waals surface area contributed by atoms with Gasteiger partial charge in [-0.25, -0.2) is 0 Å². The number of esters is 1. The van der Waals surface area contributed by atoms with E-state index >= 15 is 0 Å². The Balaban J connectivity index is 1.72. The van der Waals surface area contributed by atoms with Crippen molar-refractivity contribution in [2.45, 2.75) is 70.3 Å². The molecule has 0 amide bonds. The van der Waals surface area contributed by atoms with Crippen molar-refractivity contribution in [3.63, 3.8) is 0 Å². The lowest BCUT2D eigenvalue weighted by Crippen LogP contribution is -2.47. The minimum Gasteiger partial charge on any atom is -0.458 e. The number of nitriles is 1. The van der Waals surface area contributed by atoms with E-state index in [4.69, 9.17) is 23.7 Å². The summed E-state index contributed by atoms with van der Waals surface area (Å²) >= 11 is 0. The molecular formula is C20H23NO6. The fourth-order valence-corrected chi connectivity index (χ4v) is 4.08. The first-order valence-electron chi connectivity index (χ1n) is 9.14. The molecule has 0 unspecified atom stereocenters. The molecule has 4 rings (SSSR count). The number of carbonyl (C=O) groups excluding carboxylic acids is 1. The Kier molecular flexibility index (Phi) is 4.68. The molecule has 7 nitrogen and oxygen atoms in total. The number of rotatable bonds is 1. The third kappa shape index (κ3) is 3.46. The zero-order valence-corrected chi connectivity index (χ0v) is 15.6. The van der Waals surface area contributed by atoms with E-state index in [9.17, 15) is 10.1 Å². The third-order valence-electron chi connectivity index (χ3n) is 5.20. The maximum atomic E-state index is 11.8. The van der Waals surface area contributed by atoms with Crippen molar-refractivity contribution in [2.24, 2.45) is 5.92 Å². The number of hydrogen-bond donors (Lipinski definition) is 0. The summed E-state index contributed by atoms with van der Waals surface area (Å²) in [7, 11) is 0. The molecule has 7 heteroatoms. The molecule has 0 aliphatic carbocycles. The Bertz CT molecular complexity index is 772. The topological polar surface area (TPSA) is 87.0 Å². The second kappa shape index (κ2) is 6.88. The van der Waals surface area contributed by atoms with Crippen LogP contribution in [0.4, 0.5) is 0 Å². The molecule has 27 heavy (non-hydrogen) atoms. The van der Waals surface area contributed by atoms with E-state index in [-0.39, 0.29) is 0 Å². The Morgan fingerprint density at radius 3 is 2.63 bits per heavy atom. The first-order valence-corrected chi connectivity index (χ1v) is 9.14. The van der Waals surface area contributed by atoms with Gasteiger partial charge < -0.3 is 23.7 Å². The number of nitrogens with zero attached hydrogens (tertiary/aromatic N) is 1. The zero-order valence-electron chi connectivity index (χ0n) is 15.6. The highest BCUT2D eigenvalue weighted by atomic mass is 16.8. The van der Waals surface area contributed by atoms with Gasteiger partial charge in [-0.2, -0.15) is 5.26 Å². The maximum absolute atomic E-state index is 11.8. The molecule has 144 valence electrons. The first-order chi connectivity index (χ1) is 12.9. The van der Waals surface area contributed by atoms with E-state index < -0.39 is 48.4 Å². The van der Waals surface area contributed by atoms with Crippen molar-refractivity contribution in [3.8, 4) is 6.07 Å². The lowest BCUT2D eigenvalue weighted by Gasteiger charge is -2.31.